The monoisotopic (exact) mass is 319 g/mol. The molecule has 1 unspecified atom stereocenters. The van der Waals surface area contributed by atoms with Gasteiger partial charge in [0, 0.05) is 6.07 Å². The van der Waals surface area contributed by atoms with Gasteiger partial charge < -0.3 is 18.2 Å². The van der Waals surface area contributed by atoms with Gasteiger partial charge in [-0.25, -0.2) is 0 Å². The third-order valence-corrected chi connectivity index (χ3v) is 4.35. The van der Waals surface area contributed by atoms with Crippen LogP contribution in [0.15, 0.2) is 72.9 Å². The van der Waals surface area contributed by atoms with Crippen molar-refractivity contribution in [3.05, 3.63) is 84.1 Å². The molecule has 1 atom stereocenters. The number of carbonyl (C=O) groups excluding carboxylic acids is 1. The smallest absolute Gasteiger partial charge is 0.624 e. The van der Waals surface area contributed by atoms with Crippen LogP contribution < -0.4 is 9.13 Å². The molecule has 5 heteroatoms. The van der Waals surface area contributed by atoms with Crippen LogP contribution in [0.25, 0.3) is 11.3 Å². The largest absolute Gasteiger partial charge is 0.704 e. The van der Waals surface area contributed by atoms with E-state index in [-0.39, 0.29) is 0 Å². The summed E-state index contributed by atoms with van der Waals surface area (Å²) in [5.74, 6) is 0.381. The molecule has 0 saturated heterocycles. The van der Waals surface area contributed by atoms with E-state index < -0.39 is 12.4 Å². The van der Waals surface area contributed by atoms with E-state index >= 15 is 4.32 Å². The zero-order chi connectivity index (χ0) is 16.7. The maximum atomic E-state index is 15.9. The molecule has 0 bridgehead atoms. The first-order valence-electron chi connectivity index (χ1n) is 7.83. The summed E-state index contributed by atoms with van der Waals surface area (Å²) >= 11 is 0. The summed E-state index contributed by atoms with van der Waals surface area (Å²) in [5.41, 5.74) is 2.04. The van der Waals surface area contributed by atoms with Crippen LogP contribution in [0.4, 0.5) is 4.32 Å². The summed E-state index contributed by atoms with van der Waals surface area (Å²) in [5, 5.41) is 0. The summed E-state index contributed by atoms with van der Waals surface area (Å²) in [6, 6.07) is 19.3. The van der Waals surface area contributed by atoms with Gasteiger partial charge in [0.25, 0.3) is 0 Å². The van der Waals surface area contributed by atoms with Gasteiger partial charge in [-0.15, -0.1) is 0 Å². The number of nitrogens with zero attached hydrogens (tertiary/aromatic N) is 1. The van der Waals surface area contributed by atoms with E-state index in [0.29, 0.717) is 17.0 Å². The SMILES string of the molecule is Cc1ccc(C(=O)[B-]2(F)Oc3ccccc3-c3cccc[n+]32)cc1. The summed E-state index contributed by atoms with van der Waals surface area (Å²) in [6.07, 6.45) is 1.55. The maximum absolute atomic E-state index is 15.9. The number of rotatable bonds is 2. The fourth-order valence-corrected chi connectivity index (χ4v) is 3.08. The Morgan fingerprint density at radius 3 is 2.50 bits per heavy atom. The van der Waals surface area contributed by atoms with Crippen molar-refractivity contribution >= 4 is 12.4 Å². The summed E-state index contributed by atoms with van der Waals surface area (Å²) in [6.45, 7) is -1.49. The van der Waals surface area contributed by atoms with Gasteiger partial charge >= 0.3 is 6.76 Å². The predicted molar refractivity (Wildman–Crippen MR) is 90.5 cm³/mol. The van der Waals surface area contributed by atoms with Crippen LogP contribution >= 0.6 is 0 Å². The molecule has 118 valence electrons. The first kappa shape index (κ1) is 14.6. The van der Waals surface area contributed by atoms with Crippen LogP contribution in [0, 0.1) is 6.92 Å². The standard InChI is InChI=1S/C19H15BFNO2/c1-14-9-11-15(12-10-14)19(23)20(21)22-13-5-4-7-17(22)16-6-2-3-8-18(16)24-20/h2-13H,1H3. The topological polar surface area (TPSA) is 30.2 Å². The number of hydrogen-bond donors (Lipinski definition) is 0. The number of halogens is 1. The van der Waals surface area contributed by atoms with Gasteiger partial charge in [0.2, 0.25) is 0 Å². The van der Waals surface area contributed by atoms with Crippen molar-refractivity contribution in [3.63, 3.8) is 0 Å². The van der Waals surface area contributed by atoms with Gasteiger partial charge in [-0.1, -0.05) is 48.0 Å². The maximum Gasteiger partial charge on any atom is 0.704 e. The number of aromatic nitrogens is 1. The van der Waals surface area contributed by atoms with E-state index in [1.54, 1.807) is 54.7 Å². The summed E-state index contributed by atoms with van der Waals surface area (Å²) in [4.78, 5) is 12.9. The molecule has 24 heavy (non-hydrogen) atoms. The zero-order valence-electron chi connectivity index (χ0n) is 13.1. The summed E-state index contributed by atoms with van der Waals surface area (Å²) in [7, 11) is 0. The summed E-state index contributed by atoms with van der Waals surface area (Å²) < 4.78 is 22.8. The van der Waals surface area contributed by atoms with Crippen LogP contribution in [0.5, 0.6) is 5.75 Å². The molecule has 0 spiro atoms. The van der Waals surface area contributed by atoms with E-state index in [0.717, 1.165) is 11.1 Å². The highest BCUT2D eigenvalue weighted by Gasteiger charge is 2.55. The molecule has 3 nitrogen and oxygen atoms in total. The molecule has 0 aliphatic carbocycles. The van der Waals surface area contributed by atoms with Crippen molar-refractivity contribution in [3.8, 4) is 17.0 Å². The minimum absolute atomic E-state index is 0.296. The van der Waals surface area contributed by atoms with Crippen molar-refractivity contribution < 1.29 is 18.2 Å². The Bertz CT molecular complexity index is 942. The number of fused-ring (bicyclic) bond motifs is 3. The fraction of sp³-hybridized carbons (Fsp3) is 0.0526. The van der Waals surface area contributed by atoms with E-state index in [2.05, 4.69) is 0 Å². The molecule has 0 fully saturated rings. The molecule has 0 saturated carbocycles. The van der Waals surface area contributed by atoms with Crippen LogP contribution in [0.1, 0.15) is 15.9 Å². The van der Waals surface area contributed by atoms with Crippen molar-refractivity contribution in [2.24, 2.45) is 0 Å². The predicted octanol–water partition coefficient (Wildman–Crippen LogP) is 3.52. The number of aryl methyl sites for hydroxylation is 1. The quantitative estimate of drug-likeness (QED) is 0.677. The molecule has 1 aliphatic rings. The third kappa shape index (κ3) is 2.13. The average molecular weight is 319 g/mol. The molecule has 3 aromatic rings. The molecule has 1 aliphatic heterocycles. The molecular formula is C19H15BFNO2. The Morgan fingerprint density at radius 1 is 1.00 bits per heavy atom. The Balaban J connectivity index is 1.89. The van der Waals surface area contributed by atoms with Crippen LogP contribution in [0.2, 0.25) is 0 Å². The lowest BCUT2D eigenvalue weighted by molar-refractivity contribution is -0.554. The second kappa shape index (κ2) is 5.30. The molecule has 0 N–H and O–H groups in total. The third-order valence-electron chi connectivity index (χ3n) is 4.35. The number of benzene rings is 2. The lowest BCUT2D eigenvalue weighted by Gasteiger charge is -2.33. The Labute approximate surface area is 139 Å². The lowest BCUT2D eigenvalue weighted by Crippen LogP contribution is -2.73. The number of carbonyl (C=O) groups is 1. The molecule has 0 amide bonds. The molecule has 0 radical (unpaired) electrons. The van der Waals surface area contributed by atoms with Gasteiger partial charge in [-0.05, 0) is 30.7 Å². The Kier molecular flexibility index (Phi) is 3.23. The second-order valence-corrected chi connectivity index (χ2v) is 5.99. The Hall–Kier alpha value is -2.95. The minimum Gasteiger partial charge on any atom is -0.624 e. The second-order valence-electron chi connectivity index (χ2n) is 5.99. The van der Waals surface area contributed by atoms with Crippen LogP contribution in [-0.4, -0.2) is 12.4 Å². The average Bonchev–Trinajstić information content (AvgIpc) is 2.62. The minimum atomic E-state index is -3.41. The van der Waals surface area contributed by atoms with Crippen molar-refractivity contribution in [1.29, 1.82) is 0 Å². The highest BCUT2D eigenvalue weighted by molar-refractivity contribution is 6.93. The van der Waals surface area contributed by atoms with Gasteiger partial charge in [-0.2, -0.15) is 0 Å². The van der Waals surface area contributed by atoms with Crippen molar-refractivity contribution in [1.82, 2.24) is 0 Å². The van der Waals surface area contributed by atoms with E-state index in [1.165, 1.54) is 4.48 Å². The van der Waals surface area contributed by atoms with Gasteiger partial charge in [0.05, 0.1) is 11.3 Å². The van der Waals surface area contributed by atoms with Gasteiger partial charge in [-0.3, -0.25) is 0 Å². The first-order chi connectivity index (χ1) is 11.6. The number of hydrogen-bond acceptors (Lipinski definition) is 2. The molecule has 4 rings (SSSR count). The first-order valence-corrected chi connectivity index (χ1v) is 7.83. The zero-order valence-corrected chi connectivity index (χ0v) is 13.1. The Morgan fingerprint density at radius 2 is 1.71 bits per heavy atom. The van der Waals surface area contributed by atoms with Crippen molar-refractivity contribution in [2.75, 3.05) is 0 Å². The highest BCUT2D eigenvalue weighted by atomic mass is 19.1. The molecular weight excluding hydrogens is 304 g/mol. The van der Waals surface area contributed by atoms with Gasteiger partial charge in [0.15, 0.2) is 11.4 Å². The van der Waals surface area contributed by atoms with Crippen LogP contribution in [0.3, 0.4) is 0 Å². The normalized spacial score (nSPS) is 18.2. The van der Waals surface area contributed by atoms with E-state index in [4.69, 9.17) is 4.65 Å². The van der Waals surface area contributed by atoms with E-state index in [1.807, 2.05) is 25.1 Å². The molecule has 2 aromatic carbocycles. The van der Waals surface area contributed by atoms with E-state index in [9.17, 15) is 4.79 Å². The lowest BCUT2D eigenvalue weighted by atomic mass is 9.65. The number of pyridine rings is 1. The van der Waals surface area contributed by atoms with Crippen molar-refractivity contribution in [2.45, 2.75) is 6.92 Å². The fourth-order valence-electron chi connectivity index (χ4n) is 3.08. The van der Waals surface area contributed by atoms with Gasteiger partial charge in [0.1, 0.15) is 6.20 Å². The molecule has 1 aromatic heterocycles. The number of para-hydroxylation sites is 1. The van der Waals surface area contributed by atoms with Crippen LogP contribution in [-0.2, 0) is 0 Å². The molecule has 2 heterocycles. The highest BCUT2D eigenvalue weighted by Crippen LogP contribution is 2.34.